The van der Waals surface area contributed by atoms with Crippen LogP contribution in [0.1, 0.15) is 19.4 Å². The van der Waals surface area contributed by atoms with E-state index < -0.39 is 0 Å². The summed E-state index contributed by atoms with van der Waals surface area (Å²) in [6.07, 6.45) is 4.28. The fourth-order valence-electron chi connectivity index (χ4n) is 1.61. The zero-order chi connectivity index (χ0) is 11.5. The molecule has 0 spiro atoms. The summed E-state index contributed by atoms with van der Waals surface area (Å²) in [7, 11) is 0. The number of nitrogens with zero attached hydrogens (tertiary/aromatic N) is 3. The number of aromatic amines is 1. The molecule has 2 rings (SSSR count). The van der Waals surface area contributed by atoms with Crippen LogP contribution in [0, 0.1) is 5.92 Å². The van der Waals surface area contributed by atoms with E-state index in [-0.39, 0.29) is 0 Å². The summed E-state index contributed by atoms with van der Waals surface area (Å²) in [4.78, 5) is 8.38. The summed E-state index contributed by atoms with van der Waals surface area (Å²) in [6, 6.07) is 1.78. The molecular formula is C11H15N5. The highest BCUT2D eigenvalue weighted by Crippen LogP contribution is 2.24. The number of rotatable bonds is 3. The second-order valence-corrected chi connectivity index (χ2v) is 4.13. The summed E-state index contributed by atoms with van der Waals surface area (Å²) in [6.45, 7) is 4.28. The largest absolute Gasteiger partial charge is 0.382 e. The van der Waals surface area contributed by atoms with Crippen LogP contribution < -0.4 is 5.73 Å². The Balaban J connectivity index is 2.42. The van der Waals surface area contributed by atoms with E-state index in [2.05, 4.69) is 34.0 Å². The van der Waals surface area contributed by atoms with E-state index in [1.54, 1.807) is 18.5 Å². The van der Waals surface area contributed by atoms with Gasteiger partial charge in [-0.3, -0.25) is 5.10 Å². The number of H-pyrrole nitrogens is 1. The van der Waals surface area contributed by atoms with Gasteiger partial charge in [-0.05, 0) is 18.4 Å². The average Bonchev–Trinajstić information content (AvgIpc) is 2.61. The monoisotopic (exact) mass is 217 g/mol. The summed E-state index contributed by atoms with van der Waals surface area (Å²) in [5, 5.41) is 6.91. The molecule has 0 aromatic carbocycles. The van der Waals surface area contributed by atoms with Crippen LogP contribution in [-0.4, -0.2) is 20.2 Å². The average molecular weight is 217 g/mol. The molecule has 0 saturated carbocycles. The molecule has 2 aromatic rings. The molecule has 3 N–H and O–H groups in total. The second-order valence-electron chi connectivity index (χ2n) is 4.13. The molecule has 0 aliphatic rings. The van der Waals surface area contributed by atoms with Crippen molar-refractivity contribution >= 4 is 5.82 Å². The lowest BCUT2D eigenvalue weighted by Crippen LogP contribution is -2.00. The molecule has 5 heteroatoms. The van der Waals surface area contributed by atoms with Gasteiger partial charge in [0.1, 0.15) is 11.5 Å². The fraction of sp³-hybridized carbons (Fsp3) is 0.364. The SMILES string of the molecule is CC(C)Cc1c(N)n[nH]c1-c1ncccn1. The molecule has 0 amide bonds. The number of nitrogens with two attached hydrogens (primary N) is 1. The minimum atomic E-state index is 0.516. The molecule has 0 radical (unpaired) electrons. The van der Waals surface area contributed by atoms with Gasteiger partial charge in [0, 0.05) is 18.0 Å². The van der Waals surface area contributed by atoms with Crippen molar-refractivity contribution in [1.29, 1.82) is 0 Å². The Morgan fingerprint density at radius 2 is 2.00 bits per heavy atom. The van der Waals surface area contributed by atoms with Gasteiger partial charge < -0.3 is 5.73 Å². The normalized spacial score (nSPS) is 10.9. The van der Waals surface area contributed by atoms with Crippen molar-refractivity contribution in [3.63, 3.8) is 0 Å². The van der Waals surface area contributed by atoms with Crippen LogP contribution in [-0.2, 0) is 6.42 Å². The highest BCUT2D eigenvalue weighted by Gasteiger charge is 2.15. The standard InChI is InChI=1S/C11H15N5/c1-7(2)6-8-9(15-16-10(8)12)11-13-4-3-5-14-11/h3-5,7H,6H2,1-2H3,(H3,12,15,16). The first kappa shape index (κ1) is 10.6. The summed E-state index contributed by atoms with van der Waals surface area (Å²) < 4.78 is 0. The van der Waals surface area contributed by atoms with Gasteiger partial charge in [0.25, 0.3) is 0 Å². The van der Waals surface area contributed by atoms with Crippen LogP contribution in [0.5, 0.6) is 0 Å². The number of hydrogen-bond donors (Lipinski definition) is 2. The molecule has 2 heterocycles. The Morgan fingerprint density at radius 3 is 2.62 bits per heavy atom. The predicted octanol–water partition coefficient (Wildman–Crippen LogP) is 1.65. The van der Waals surface area contributed by atoms with E-state index in [0.717, 1.165) is 17.7 Å². The second kappa shape index (κ2) is 4.30. The highest BCUT2D eigenvalue weighted by molar-refractivity contribution is 5.61. The van der Waals surface area contributed by atoms with Gasteiger partial charge in [0.05, 0.1) is 0 Å². The Labute approximate surface area is 94.1 Å². The molecule has 16 heavy (non-hydrogen) atoms. The Morgan fingerprint density at radius 1 is 1.31 bits per heavy atom. The molecule has 0 unspecified atom stereocenters. The first-order valence-electron chi connectivity index (χ1n) is 5.28. The van der Waals surface area contributed by atoms with Crippen molar-refractivity contribution in [1.82, 2.24) is 20.2 Å². The molecule has 0 atom stereocenters. The van der Waals surface area contributed by atoms with E-state index in [4.69, 9.17) is 5.73 Å². The molecule has 5 nitrogen and oxygen atoms in total. The number of nitrogens with one attached hydrogen (secondary N) is 1. The van der Waals surface area contributed by atoms with Crippen molar-refractivity contribution in [2.24, 2.45) is 5.92 Å². The van der Waals surface area contributed by atoms with E-state index in [1.807, 2.05) is 0 Å². The van der Waals surface area contributed by atoms with Gasteiger partial charge in [0.2, 0.25) is 0 Å². The van der Waals surface area contributed by atoms with E-state index in [0.29, 0.717) is 17.6 Å². The Hall–Kier alpha value is -1.91. The molecule has 0 aliphatic carbocycles. The van der Waals surface area contributed by atoms with Crippen molar-refractivity contribution in [3.05, 3.63) is 24.0 Å². The molecule has 0 bridgehead atoms. The summed E-state index contributed by atoms with van der Waals surface area (Å²) >= 11 is 0. The zero-order valence-corrected chi connectivity index (χ0v) is 9.44. The molecule has 84 valence electrons. The van der Waals surface area contributed by atoms with Crippen molar-refractivity contribution in [2.75, 3.05) is 5.73 Å². The number of anilines is 1. The van der Waals surface area contributed by atoms with E-state index in [1.165, 1.54) is 0 Å². The maximum absolute atomic E-state index is 5.83. The van der Waals surface area contributed by atoms with Gasteiger partial charge in [-0.15, -0.1) is 0 Å². The van der Waals surface area contributed by atoms with Crippen LogP contribution in [0.3, 0.4) is 0 Å². The van der Waals surface area contributed by atoms with Crippen molar-refractivity contribution < 1.29 is 0 Å². The zero-order valence-electron chi connectivity index (χ0n) is 9.44. The summed E-state index contributed by atoms with van der Waals surface area (Å²) in [5.74, 6) is 1.70. The minimum Gasteiger partial charge on any atom is -0.382 e. The maximum Gasteiger partial charge on any atom is 0.177 e. The van der Waals surface area contributed by atoms with E-state index >= 15 is 0 Å². The van der Waals surface area contributed by atoms with Crippen LogP contribution in [0.2, 0.25) is 0 Å². The maximum atomic E-state index is 5.83. The van der Waals surface area contributed by atoms with Gasteiger partial charge in [-0.25, -0.2) is 9.97 Å². The quantitative estimate of drug-likeness (QED) is 0.819. The molecule has 2 aromatic heterocycles. The topological polar surface area (TPSA) is 80.5 Å². The minimum absolute atomic E-state index is 0.516. The van der Waals surface area contributed by atoms with Crippen LogP contribution in [0.25, 0.3) is 11.5 Å². The van der Waals surface area contributed by atoms with Crippen LogP contribution >= 0.6 is 0 Å². The van der Waals surface area contributed by atoms with Gasteiger partial charge >= 0.3 is 0 Å². The third kappa shape index (κ3) is 2.03. The van der Waals surface area contributed by atoms with Gasteiger partial charge in [-0.2, -0.15) is 5.10 Å². The Kier molecular flexibility index (Phi) is 2.85. The lowest BCUT2D eigenvalue weighted by Gasteiger charge is -2.05. The van der Waals surface area contributed by atoms with Gasteiger partial charge in [0.15, 0.2) is 5.82 Å². The van der Waals surface area contributed by atoms with Crippen LogP contribution in [0.15, 0.2) is 18.5 Å². The molecular weight excluding hydrogens is 202 g/mol. The first-order valence-corrected chi connectivity index (χ1v) is 5.28. The lowest BCUT2D eigenvalue weighted by molar-refractivity contribution is 0.649. The third-order valence-electron chi connectivity index (χ3n) is 2.30. The Bertz CT molecular complexity index is 460. The van der Waals surface area contributed by atoms with Crippen LogP contribution in [0.4, 0.5) is 5.82 Å². The van der Waals surface area contributed by atoms with E-state index in [9.17, 15) is 0 Å². The predicted molar refractivity (Wildman–Crippen MR) is 62.6 cm³/mol. The number of aromatic nitrogens is 4. The lowest BCUT2D eigenvalue weighted by atomic mass is 10.0. The van der Waals surface area contributed by atoms with Crippen molar-refractivity contribution in [2.45, 2.75) is 20.3 Å². The molecule has 0 aliphatic heterocycles. The van der Waals surface area contributed by atoms with Gasteiger partial charge in [-0.1, -0.05) is 13.8 Å². The number of nitrogen functional groups attached to an aromatic ring is 1. The number of hydrogen-bond acceptors (Lipinski definition) is 4. The molecule has 0 saturated heterocycles. The van der Waals surface area contributed by atoms with Crippen molar-refractivity contribution in [3.8, 4) is 11.5 Å². The first-order chi connectivity index (χ1) is 7.68. The fourth-order valence-corrected chi connectivity index (χ4v) is 1.61. The smallest absolute Gasteiger partial charge is 0.177 e. The highest BCUT2D eigenvalue weighted by atomic mass is 15.2. The summed E-state index contributed by atoms with van der Waals surface area (Å²) in [5.41, 5.74) is 7.66. The molecule has 0 fully saturated rings. The third-order valence-corrected chi connectivity index (χ3v) is 2.30.